The van der Waals surface area contributed by atoms with E-state index in [0.29, 0.717) is 6.61 Å². The molecule has 0 saturated heterocycles. The topological polar surface area (TPSA) is 47.6 Å². The number of rotatable bonds is 6. The van der Waals surface area contributed by atoms with Crippen molar-refractivity contribution in [1.29, 1.82) is 0 Å². The third-order valence-electron chi connectivity index (χ3n) is 2.41. The second-order valence-corrected chi connectivity index (χ2v) is 4.08. The third kappa shape index (κ3) is 6.99. The van der Waals surface area contributed by atoms with Crippen LogP contribution in [0.5, 0.6) is 5.75 Å². The van der Waals surface area contributed by atoms with E-state index in [2.05, 4.69) is 17.2 Å². The fourth-order valence-corrected chi connectivity index (χ4v) is 1.38. The summed E-state index contributed by atoms with van der Waals surface area (Å²) in [6.45, 7) is 2.25. The molecule has 1 amide bonds. The molecule has 0 radical (unpaired) electrons. The molecule has 0 fully saturated rings. The maximum Gasteiger partial charge on any atom is 0.416 e. The molecule has 0 aromatic heterocycles. The molecule has 0 saturated carbocycles. The van der Waals surface area contributed by atoms with Crippen LogP contribution in [0.4, 0.5) is 13.2 Å². The molecule has 1 aromatic rings. The van der Waals surface area contributed by atoms with Gasteiger partial charge in [-0.2, -0.15) is 13.2 Å². The van der Waals surface area contributed by atoms with Gasteiger partial charge in [0.2, 0.25) is 5.91 Å². The Labute approximate surface area is 126 Å². The molecular weight excluding hydrogens is 299 g/mol. The van der Waals surface area contributed by atoms with Crippen molar-refractivity contribution in [3.8, 4) is 17.6 Å². The van der Waals surface area contributed by atoms with Crippen LogP contribution >= 0.6 is 0 Å². The highest BCUT2D eigenvalue weighted by molar-refractivity contribution is 5.77. The minimum absolute atomic E-state index is 0.0289. The first kappa shape index (κ1) is 17.9. The van der Waals surface area contributed by atoms with Crippen LogP contribution in [0.3, 0.4) is 0 Å². The third-order valence-corrected chi connectivity index (χ3v) is 2.41. The van der Waals surface area contributed by atoms with Gasteiger partial charge < -0.3 is 14.8 Å². The van der Waals surface area contributed by atoms with Crippen molar-refractivity contribution in [1.82, 2.24) is 5.32 Å². The predicted molar refractivity (Wildman–Crippen MR) is 74.2 cm³/mol. The fourth-order valence-electron chi connectivity index (χ4n) is 1.38. The number of alkyl halides is 3. The molecule has 4 nitrogen and oxygen atoms in total. The minimum Gasteiger partial charge on any atom is -0.481 e. The number of nitrogens with one attached hydrogen (secondary N) is 1. The van der Waals surface area contributed by atoms with Crippen LogP contribution in [0, 0.1) is 11.8 Å². The Bertz CT molecular complexity index is 547. The Morgan fingerprint density at radius 1 is 1.32 bits per heavy atom. The summed E-state index contributed by atoms with van der Waals surface area (Å²) in [5, 5.41) is 2.50. The van der Waals surface area contributed by atoms with Gasteiger partial charge in [-0.3, -0.25) is 4.79 Å². The highest BCUT2D eigenvalue weighted by atomic mass is 19.4. The van der Waals surface area contributed by atoms with E-state index in [9.17, 15) is 18.0 Å². The summed E-state index contributed by atoms with van der Waals surface area (Å²) in [5.74, 6) is 5.02. The number of amides is 1. The summed E-state index contributed by atoms with van der Waals surface area (Å²) in [6.07, 6.45) is -4.41. The standard InChI is InChI=1S/C15H16F3NO3/c1-2-21-11-14(20)19-8-3-4-9-22-13-7-5-6-12(10-13)15(16,17)18/h5-7,10H,2,8-9,11H2,1H3,(H,19,20). The van der Waals surface area contributed by atoms with Crippen LogP contribution < -0.4 is 10.1 Å². The molecule has 0 bridgehead atoms. The number of benzene rings is 1. The zero-order valence-corrected chi connectivity index (χ0v) is 12.0. The van der Waals surface area contributed by atoms with Crippen LogP contribution in [-0.4, -0.2) is 32.3 Å². The van der Waals surface area contributed by atoms with Crippen molar-refractivity contribution in [2.24, 2.45) is 0 Å². The SMILES string of the molecule is CCOCC(=O)NCC#CCOc1cccc(C(F)(F)F)c1. The van der Waals surface area contributed by atoms with Crippen molar-refractivity contribution in [2.45, 2.75) is 13.1 Å². The van der Waals surface area contributed by atoms with Crippen LogP contribution in [0.2, 0.25) is 0 Å². The normalized spacial score (nSPS) is 10.5. The molecule has 0 aliphatic heterocycles. The zero-order valence-electron chi connectivity index (χ0n) is 12.0. The molecule has 0 heterocycles. The van der Waals surface area contributed by atoms with Gasteiger partial charge in [-0.1, -0.05) is 17.9 Å². The van der Waals surface area contributed by atoms with Gasteiger partial charge in [0.15, 0.2) is 0 Å². The molecule has 1 aromatic carbocycles. The van der Waals surface area contributed by atoms with E-state index in [1.807, 2.05) is 0 Å². The number of hydrogen-bond acceptors (Lipinski definition) is 3. The highest BCUT2D eigenvalue weighted by Crippen LogP contribution is 2.31. The maximum absolute atomic E-state index is 12.5. The van der Waals surface area contributed by atoms with E-state index in [0.717, 1.165) is 12.1 Å². The Hall–Kier alpha value is -2.20. The van der Waals surface area contributed by atoms with Crippen molar-refractivity contribution >= 4 is 5.91 Å². The molecular formula is C15H16F3NO3. The van der Waals surface area contributed by atoms with Crippen LogP contribution in [0.1, 0.15) is 12.5 Å². The zero-order chi connectivity index (χ0) is 16.4. The van der Waals surface area contributed by atoms with Crippen molar-refractivity contribution in [3.05, 3.63) is 29.8 Å². The first-order valence-electron chi connectivity index (χ1n) is 6.53. The Kier molecular flexibility index (Phi) is 7.26. The summed E-state index contributed by atoms with van der Waals surface area (Å²) in [5.41, 5.74) is -0.777. The Morgan fingerprint density at radius 3 is 2.77 bits per heavy atom. The van der Waals surface area contributed by atoms with Gasteiger partial charge in [-0.15, -0.1) is 0 Å². The van der Waals surface area contributed by atoms with E-state index in [1.165, 1.54) is 12.1 Å². The van der Waals surface area contributed by atoms with Gasteiger partial charge in [0.1, 0.15) is 19.0 Å². The van der Waals surface area contributed by atoms with E-state index in [4.69, 9.17) is 9.47 Å². The lowest BCUT2D eigenvalue weighted by atomic mass is 10.2. The minimum atomic E-state index is -4.41. The first-order valence-corrected chi connectivity index (χ1v) is 6.53. The van der Waals surface area contributed by atoms with Gasteiger partial charge in [-0.25, -0.2) is 0 Å². The highest BCUT2D eigenvalue weighted by Gasteiger charge is 2.30. The van der Waals surface area contributed by atoms with Gasteiger partial charge in [0, 0.05) is 6.61 Å². The monoisotopic (exact) mass is 315 g/mol. The summed E-state index contributed by atoms with van der Waals surface area (Å²) < 4.78 is 47.5. The lowest BCUT2D eigenvalue weighted by molar-refractivity contribution is -0.137. The lowest BCUT2D eigenvalue weighted by Gasteiger charge is -2.08. The summed E-state index contributed by atoms with van der Waals surface area (Å²) in [4.78, 5) is 11.1. The lowest BCUT2D eigenvalue weighted by Crippen LogP contribution is -2.27. The quantitative estimate of drug-likeness (QED) is 0.819. The summed E-state index contributed by atoms with van der Waals surface area (Å²) >= 11 is 0. The van der Waals surface area contributed by atoms with Crippen molar-refractivity contribution in [3.63, 3.8) is 0 Å². The number of carbonyl (C=O) groups is 1. The van der Waals surface area contributed by atoms with Gasteiger partial charge >= 0.3 is 6.18 Å². The molecule has 1 N–H and O–H groups in total. The number of halogens is 3. The van der Waals surface area contributed by atoms with Crippen LogP contribution in [0.25, 0.3) is 0 Å². The van der Waals surface area contributed by atoms with E-state index >= 15 is 0 Å². The molecule has 1 rings (SSSR count). The molecule has 0 spiro atoms. The average Bonchev–Trinajstić information content (AvgIpc) is 2.48. The maximum atomic E-state index is 12.5. The largest absolute Gasteiger partial charge is 0.481 e. The molecule has 22 heavy (non-hydrogen) atoms. The Balaban J connectivity index is 2.33. The summed E-state index contributed by atoms with van der Waals surface area (Å²) in [7, 11) is 0. The van der Waals surface area contributed by atoms with Gasteiger partial charge in [0.05, 0.1) is 12.1 Å². The summed E-state index contributed by atoms with van der Waals surface area (Å²) in [6, 6.07) is 4.55. The van der Waals surface area contributed by atoms with E-state index < -0.39 is 11.7 Å². The van der Waals surface area contributed by atoms with E-state index in [1.54, 1.807) is 6.92 Å². The average molecular weight is 315 g/mol. The van der Waals surface area contributed by atoms with Crippen LogP contribution in [-0.2, 0) is 15.7 Å². The molecule has 120 valence electrons. The molecule has 0 aliphatic rings. The Morgan fingerprint density at radius 2 is 2.09 bits per heavy atom. The molecule has 0 atom stereocenters. The predicted octanol–water partition coefficient (Wildman–Crippen LogP) is 2.24. The second-order valence-electron chi connectivity index (χ2n) is 4.08. The van der Waals surface area contributed by atoms with Gasteiger partial charge in [0.25, 0.3) is 0 Å². The van der Waals surface area contributed by atoms with Crippen LogP contribution in [0.15, 0.2) is 24.3 Å². The number of carbonyl (C=O) groups excluding carboxylic acids is 1. The fraction of sp³-hybridized carbons (Fsp3) is 0.400. The molecule has 0 aliphatic carbocycles. The van der Waals surface area contributed by atoms with Gasteiger partial charge in [-0.05, 0) is 25.1 Å². The van der Waals surface area contributed by atoms with E-state index in [-0.39, 0.29) is 31.4 Å². The smallest absolute Gasteiger partial charge is 0.416 e. The molecule has 7 heteroatoms. The second kappa shape index (κ2) is 8.95. The molecule has 0 unspecified atom stereocenters. The van der Waals surface area contributed by atoms with Crippen molar-refractivity contribution in [2.75, 3.05) is 26.4 Å². The van der Waals surface area contributed by atoms with Crippen molar-refractivity contribution < 1.29 is 27.4 Å². The number of hydrogen-bond donors (Lipinski definition) is 1. The number of ether oxygens (including phenoxy) is 2. The first-order chi connectivity index (χ1) is 10.4.